The molecule has 2 unspecified atom stereocenters. The number of hydrogen-bond acceptors (Lipinski definition) is 4. The molecule has 4 nitrogen and oxygen atoms in total. The molecule has 2 aliphatic rings. The first-order valence-electron chi connectivity index (χ1n) is 8.51. The maximum atomic E-state index is 6.34. The number of nitrogens with zero attached hydrogens (tertiary/aromatic N) is 1. The molecule has 1 N–H and O–H groups in total. The van der Waals surface area contributed by atoms with Crippen molar-refractivity contribution in [1.82, 2.24) is 10.2 Å². The lowest BCUT2D eigenvalue weighted by Gasteiger charge is -2.37. The smallest absolute Gasteiger partial charge is 0.0790 e. The first-order valence-corrected chi connectivity index (χ1v) is 8.51. The highest BCUT2D eigenvalue weighted by Gasteiger charge is 2.53. The highest BCUT2D eigenvalue weighted by atomic mass is 16.5. The van der Waals surface area contributed by atoms with Gasteiger partial charge in [-0.25, -0.2) is 0 Å². The lowest BCUT2D eigenvalue weighted by atomic mass is 9.82. The molecule has 0 aromatic carbocycles. The Morgan fingerprint density at radius 1 is 1.14 bits per heavy atom. The summed E-state index contributed by atoms with van der Waals surface area (Å²) in [6.45, 7) is 15.2. The van der Waals surface area contributed by atoms with Crippen molar-refractivity contribution in [3.8, 4) is 0 Å². The fraction of sp³-hybridized carbons (Fsp3) is 1.00. The topological polar surface area (TPSA) is 33.7 Å². The van der Waals surface area contributed by atoms with E-state index in [-0.39, 0.29) is 11.2 Å². The molecular weight excluding hydrogens is 264 g/mol. The van der Waals surface area contributed by atoms with Crippen LogP contribution >= 0.6 is 0 Å². The maximum absolute atomic E-state index is 6.34. The van der Waals surface area contributed by atoms with Crippen molar-refractivity contribution >= 4 is 0 Å². The third-order valence-corrected chi connectivity index (χ3v) is 5.27. The van der Waals surface area contributed by atoms with E-state index in [0.717, 1.165) is 39.1 Å². The van der Waals surface area contributed by atoms with Gasteiger partial charge in [-0.2, -0.15) is 0 Å². The summed E-state index contributed by atoms with van der Waals surface area (Å²) in [5, 5.41) is 3.50. The summed E-state index contributed by atoms with van der Waals surface area (Å²) in [6.07, 6.45) is 2.79. The Morgan fingerprint density at radius 3 is 2.29 bits per heavy atom. The molecule has 124 valence electrons. The molecule has 0 aromatic rings. The van der Waals surface area contributed by atoms with Crippen molar-refractivity contribution in [3.63, 3.8) is 0 Å². The number of likely N-dealkylation sites (N-methyl/N-ethyl adjacent to an activating group) is 1. The van der Waals surface area contributed by atoms with Crippen LogP contribution in [-0.4, -0.2) is 61.5 Å². The van der Waals surface area contributed by atoms with E-state index < -0.39 is 0 Å². The van der Waals surface area contributed by atoms with Gasteiger partial charge in [-0.3, -0.25) is 0 Å². The Balaban J connectivity index is 1.95. The van der Waals surface area contributed by atoms with E-state index in [0.29, 0.717) is 18.1 Å². The molecule has 4 heteroatoms. The number of ether oxygens (including phenoxy) is 2. The fourth-order valence-electron chi connectivity index (χ4n) is 4.35. The molecule has 0 aromatic heterocycles. The van der Waals surface area contributed by atoms with Gasteiger partial charge in [0.2, 0.25) is 0 Å². The molecule has 2 rings (SSSR count). The van der Waals surface area contributed by atoms with Crippen LogP contribution in [0.3, 0.4) is 0 Å². The summed E-state index contributed by atoms with van der Waals surface area (Å²) in [5.74, 6) is 0.515. The third kappa shape index (κ3) is 3.79. The van der Waals surface area contributed by atoms with Crippen LogP contribution in [0, 0.1) is 5.92 Å². The van der Waals surface area contributed by atoms with Crippen LogP contribution in [0.15, 0.2) is 0 Å². The van der Waals surface area contributed by atoms with Gasteiger partial charge in [0.15, 0.2) is 0 Å². The van der Waals surface area contributed by atoms with Gasteiger partial charge in [0, 0.05) is 38.2 Å². The normalized spacial score (nSPS) is 33.4. The minimum absolute atomic E-state index is 0.0755. The third-order valence-electron chi connectivity index (χ3n) is 5.27. The first kappa shape index (κ1) is 17.2. The lowest BCUT2D eigenvalue weighted by molar-refractivity contribution is -0.0805. The highest BCUT2D eigenvalue weighted by molar-refractivity contribution is 5.05. The van der Waals surface area contributed by atoms with Gasteiger partial charge < -0.3 is 19.7 Å². The van der Waals surface area contributed by atoms with Crippen LogP contribution < -0.4 is 5.32 Å². The summed E-state index contributed by atoms with van der Waals surface area (Å²) < 4.78 is 12.1. The Morgan fingerprint density at radius 2 is 1.76 bits per heavy atom. The van der Waals surface area contributed by atoms with Crippen molar-refractivity contribution in [1.29, 1.82) is 0 Å². The number of rotatable bonds is 5. The summed E-state index contributed by atoms with van der Waals surface area (Å²) >= 11 is 0. The van der Waals surface area contributed by atoms with E-state index in [1.54, 1.807) is 0 Å². The van der Waals surface area contributed by atoms with Crippen molar-refractivity contribution in [2.75, 3.05) is 33.3 Å². The molecule has 0 spiro atoms. The quantitative estimate of drug-likeness (QED) is 0.844. The predicted octanol–water partition coefficient (Wildman–Crippen LogP) is 2.28. The zero-order chi connectivity index (χ0) is 15.7. The fourth-order valence-corrected chi connectivity index (χ4v) is 4.35. The van der Waals surface area contributed by atoms with E-state index >= 15 is 0 Å². The molecule has 0 radical (unpaired) electrons. The van der Waals surface area contributed by atoms with Gasteiger partial charge in [-0.1, -0.05) is 0 Å². The van der Waals surface area contributed by atoms with Gasteiger partial charge in [-0.05, 0) is 54.5 Å². The number of piperidine rings is 1. The molecule has 2 aliphatic heterocycles. The van der Waals surface area contributed by atoms with Crippen LogP contribution in [-0.2, 0) is 9.47 Å². The molecule has 2 fully saturated rings. The number of hydrogen-bond donors (Lipinski definition) is 1. The standard InChI is InChI=1S/C17H34N2O2/c1-7-20-13-8-10-19(11-9-13)12-14-15(18-6)17(4,5)21-16(14,2)3/h13-15,18H,7-12H2,1-6H3. The second-order valence-corrected chi connectivity index (χ2v) is 7.64. The second-order valence-electron chi connectivity index (χ2n) is 7.64. The zero-order valence-electron chi connectivity index (χ0n) is 14.7. The van der Waals surface area contributed by atoms with Crippen LogP contribution in [0.25, 0.3) is 0 Å². The Hall–Kier alpha value is -0.160. The average Bonchev–Trinajstić information content (AvgIpc) is 2.56. The van der Waals surface area contributed by atoms with Gasteiger partial charge >= 0.3 is 0 Å². The zero-order valence-corrected chi connectivity index (χ0v) is 14.7. The SMILES string of the molecule is CCOC1CCN(CC2C(NC)C(C)(C)OC2(C)C)CC1. The van der Waals surface area contributed by atoms with E-state index in [4.69, 9.17) is 9.47 Å². The van der Waals surface area contributed by atoms with Gasteiger partial charge in [0.1, 0.15) is 0 Å². The Labute approximate surface area is 130 Å². The van der Waals surface area contributed by atoms with Crippen molar-refractivity contribution in [3.05, 3.63) is 0 Å². The van der Waals surface area contributed by atoms with E-state index in [9.17, 15) is 0 Å². The molecule has 2 saturated heterocycles. The van der Waals surface area contributed by atoms with E-state index in [1.165, 1.54) is 0 Å². The monoisotopic (exact) mass is 298 g/mol. The molecular formula is C17H34N2O2. The lowest BCUT2D eigenvalue weighted by Crippen LogP contribution is -2.51. The van der Waals surface area contributed by atoms with Crippen molar-refractivity contribution in [2.45, 2.75) is 70.8 Å². The molecule has 0 bridgehead atoms. The minimum Gasteiger partial charge on any atom is -0.378 e. The van der Waals surface area contributed by atoms with Gasteiger partial charge in [0.25, 0.3) is 0 Å². The molecule has 21 heavy (non-hydrogen) atoms. The molecule has 0 amide bonds. The number of nitrogens with one attached hydrogen (secondary N) is 1. The summed E-state index contributed by atoms with van der Waals surface area (Å²) in [5.41, 5.74) is -0.180. The van der Waals surface area contributed by atoms with Crippen LogP contribution in [0.1, 0.15) is 47.5 Å². The van der Waals surface area contributed by atoms with Gasteiger partial charge in [-0.15, -0.1) is 0 Å². The second kappa shape index (κ2) is 6.53. The Bertz CT molecular complexity index is 336. The van der Waals surface area contributed by atoms with E-state index in [2.05, 4.69) is 51.9 Å². The summed E-state index contributed by atoms with van der Waals surface area (Å²) in [6, 6.07) is 0.400. The largest absolute Gasteiger partial charge is 0.378 e. The van der Waals surface area contributed by atoms with Gasteiger partial charge in [0.05, 0.1) is 17.3 Å². The van der Waals surface area contributed by atoms with Crippen molar-refractivity contribution < 1.29 is 9.47 Å². The summed E-state index contributed by atoms with van der Waals surface area (Å²) in [4.78, 5) is 2.59. The van der Waals surface area contributed by atoms with Crippen LogP contribution in [0.4, 0.5) is 0 Å². The average molecular weight is 298 g/mol. The van der Waals surface area contributed by atoms with E-state index in [1.807, 2.05) is 0 Å². The molecule has 2 atom stereocenters. The van der Waals surface area contributed by atoms with Crippen molar-refractivity contribution in [2.24, 2.45) is 5.92 Å². The molecule has 2 heterocycles. The predicted molar refractivity (Wildman–Crippen MR) is 86.7 cm³/mol. The Kier molecular flexibility index (Phi) is 5.35. The minimum atomic E-state index is -0.105. The van der Waals surface area contributed by atoms with Crippen LogP contribution in [0.5, 0.6) is 0 Å². The summed E-state index contributed by atoms with van der Waals surface area (Å²) in [7, 11) is 2.06. The molecule has 0 aliphatic carbocycles. The maximum Gasteiger partial charge on any atom is 0.0790 e. The highest BCUT2D eigenvalue weighted by Crippen LogP contribution is 2.42. The van der Waals surface area contributed by atoms with Crippen LogP contribution in [0.2, 0.25) is 0 Å². The number of likely N-dealkylation sites (tertiary alicyclic amines) is 1. The first-order chi connectivity index (χ1) is 9.80. The molecule has 0 saturated carbocycles.